The molecular weight excluding hydrogens is 222 g/mol. The highest BCUT2D eigenvalue weighted by Crippen LogP contribution is 2.49. The maximum atomic E-state index is 5.78. The lowest BCUT2D eigenvalue weighted by Crippen LogP contribution is -2.52. The van der Waals surface area contributed by atoms with Crippen molar-refractivity contribution in [2.24, 2.45) is 0 Å². The standard InChI is InChI=1S/C12H21NO2S/c1-10(2)9-16-11(13-10)3-5-12(6-4-11)14-7-8-15-12/h13H,3-9H2,1-2H3. The topological polar surface area (TPSA) is 30.5 Å². The number of hydrogen-bond acceptors (Lipinski definition) is 4. The Hall–Kier alpha value is 0.230. The predicted octanol–water partition coefficient (Wildman–Crippen LogP) is 2.11. The lowest BCUT2D eigenvalue weighted by Gasteiger charge is -2.42. The van der Waals surface area contributed by atoms with Crippen LogP contribution in [0.4, 0.5) is 0 Å². The van der Waals surface area contributed by atoms with Gasteiger partial charge >= 0.3 is 0 Å². The van der Waals surface area contributed by atoms with Crippen LogP contribution >= 0.6 is 11.8 Å². The van der Waals surface area contributed by atoms with Crippen LogP contribution in [-0.2, 0) is 9.47 Å². The summed E-state index contributed by atoms with van der Waals surface area (Å²) in [5.41, 5.74) is 0.284. The molecule has 4 heteroatoms. The average Bonchev–Trinajstić information content (AvgIpc) is 2.79. The van der Waals surface area contributed by atoms with Gasteiger partial charge in [0, 0.05) is 24.1 Å². The summed E-state index contributed by atoms with van der Waals surface area (Å²) >= 11 is 2.09. The van der Waals surface area contributed by atoms with E-state index in [-0.39, 0.29) is 11.3 Å². The third-order valence-corrected chi connectivity index (χ3v) is 5.84. The van der Waals surface area contributed by atoms with Gasteiger partial charge in [-0.15, -0.1) is 11.8 Å². The summed E-state index contributed by atoms with van der Waals surface area (Å²) in [5, 5.41) is 3.80. The molecule has 0 aromatic rings. The SMILES string of the molecule is CC1(C)CSC2(CCC3(CC2)OCCO3)N1. The van der Waals surface area contributed by atoms with Gasteiger partial charge in [0.2, 0.25) is 0 Å². The molecule has 3 nitrogen and oxygen atoms in total. The second-order valence-electron chi connectivity index (χ2n) is 5.90. The first-order valence-electron chi connectivity index (χ1n) is 6.25. The van der Waals surface area contributed by atoms with E-state index in [0.29, 0.717) is 4.87 Å². The van der Waals surface area contributed by atoms with Gasteiger partial charge in [-0.1, -0.05) is 0 Å². The summed E-state index contributed by atoms with van der Waals surface area (Å²) < 4.78 is 11.6. The monoisotopic (exact) mass is 243 g/mol. The van der Waals surface area contributed by atoms with E-state index < -0.39 is 0 Å². The van der Waals surface area contributed by atoms with Crippen molar-refractivity contribution in [3.63, 3.8) is 0 Å². The molecule has 1 N–H and O–H groups in total. The fourth-order valence-corrected chi connectivity index (χ4v) is 4.65. The van der Waals surface area contributed by atoms with Crippen LogP contribution in [0.2, 0.25) is 0 Å². The van der Waals surface area contributed by atoms with Crippen molar-refractivity contribution in [3.05, 3.63) is 0 Å². The van der Waals surface area contributed by atoms with E-state index in [1.165, 1.54) is 18.6 Å². The van der Waals surface area contributed by atoms with E-state index in [9.17, 15) is 0 Å². The molecule has 3 rings (SSSR count). The van der Waals surface area contributed by atoms with Gasteiger partial charge in [-0.2, -0.15) is 0 Å². The van der Waals surface area contributed by atoms with Crippen molar-refractivity contribution in [1.82, 2.24) is 5.32 Å². The van der Waals surface area contributed by atoms with E-state index in [2.05, 4.69) is 30.9 Å². The second kappa shape index (κ2) is 3.61. The van der Waals surface area contributed by atoms with Crippen LogP contribution in [0.3, 0.4) is 0 Å². The highest BCUT2D eigenvalue weighted by molar-refractivity contribution is 8.00. The van der Waals surface area contributed by atoms with Gasteiger partial charge in [0.15, 0.2) is 5.79 Å². The normalized spacial score (nSPS) is 34.9. The smallest absolute Gasteiger partial charge is 0.168 e. The quantitative estimate of drug-likeness (QED) is 0.706. The van der Waals surface area contributed by atoms with Crippen molar-refractivity contribution in [2.75, 3.05) is 19.0 Å². The van der Waals surface area contributed by atoms with Gasteiger partial charge in [0.25, 0.3) is 0 Å². The molecule has 0 atom stereocenters. The van der Waals surface area contributed by atoms with Crippen LogP contribution in [0.5, 0.6) is 0 Å². The lowest BCUT2D eigenvalue weighted by atomic mass is 9.88. The molecule has 0 aromatic heterocycles. The van der Waals surface area contributed by atoms with Crippen molar-refractivity contribution in [2.45, 2.75) is 55.7 Å². The van der Waals surface area contributed by atoms with Gasteiger partial charge in [-0.05, 0) is 26.7 Å². The Morgan fingerprint density at radius 3 is 2.12 bits per heavy atom. The Kier molecular flexibility index (Phi) is 2.56. The fraction of sp³-hybridized carbons (Fsp3) is 1.00. The highest BCUT2D eigenvalue weighted by Gasteiger charge is 2.50. The van der Waals surface area contributed by atoms with Crippen LogP contribution in [-0.4, -0.2) is 35.2 Å². The van der Waals surface area contributed by atoms with Crippen LogP contribution in [0.1, 0.15) is 39.5 Å². The van der Waals surface area contributed by atoms with E-state index in [4.69, 9.17) is 9.47 Å². The first kappa shape index (κ1) is 11.3. The highest BCUT2D eigenvalue weighted by atomic mass is 32.2. The van der Waals surface area contributed by atoms with Crippen LogP contribution < -0.4 is 5.32 Å². The summed E-state index contributed by atoms with van der Waals surface area (Å²) in [7, 11) is 0. The summed E-state index contributed by atoms with van der Waals surface area (Å²) in [6.07, 6.45) is 4.42. The van der Waals surface area contributed by atoms with Gasteiger partial charge in [0.1, 0.15) is 0 Å². The molecule has 16 heavy (non-hydrogen) atoms. The summed E-state index contributed by atoms with van der Waals surface area (Å²) in [5.74, 6) is 0.988. The Bertz CT molecular complexity index is 277. The zero-order valence-corrected chi connectivity index (χ0v) is 11.0. The van der Waals surface area contributed by atoms with Crippen molar-refractivity contribution < 1.29 is 9.47 Å². The number of hydrogen-bond donors (Lipinski definition) is 1. The van der Waals surface area contributed by atoms with Gasteiger partial charge < -0.3 is 9.47 Å². The van der Waals surface area contributed by atoms with E-state index >= 15 is 0 Å². The Morgan fingerprint density at radius 1 is 1.00 bits per heavy atom. The van der Waals surface area contributed by atoms with Gasteiger partial charge in [-0.25, -0.2) is 0 Å². The number of thioether (sulfide) groups is 1. The molecule has 2 spiro atoms. The minimum absolute atomic E-state index is 0.222. The summed E-state index contributed by atoms with van der Waals surface area (Å²) in [4.78, 5) is 0.296. The minimum Gasteiger partial charge on any atom is -0.348 e. The Labute approximate surface area is 102 Å². The van der Waals surface area contributed by atoms with Crippen LogP contribution in [0.15, 0.2) is 0 Å². The molecule has 1 aliphatic carbocycles. The van der Waals surface area contributed by atoms with Crippen LogP contribution in [0.25, 0.3) is 0 Å². The van der Waals surface area contributed by atoms with E-state index in [0.717, 1.165) is 26.1 Å². The summed E-state index contributed by atoms with van der Waals surface area (Å²) in [6.45, 7) is 6.14. The zero-order valence-electron chi connectivity index (χ0n) is 10.2. The summed E-state index contributed by atoms with van der Waals surface area (Å²) in [6, 6.07) is 0. The largest absolute Gasteiger partial charge is 0.348 e. The molecule has 92 valence electrons. The van der Waals surface area contributed by atoms with Gasteiger partial charge in [0.05, 0.1) is 18.1 Å². The Balaban J connectivity index is 1.66. The number of nitrogens with one attached hydrogen (secondary N) is 1. The maximum Gasteiger partial charge on any atom is 0.168 e. The molecule has 2 saturated heterocycles. The van der Waals surface area contributed by atoms with E-state index in [1.807, 2.05) is 0 Å². The molecule has 3 fully saturated rings. The second-order valence-corrected chi connectivity index (χ2v) is 7.26. The van der Waals surface area contributed by atoms with Gasteiger partial charge in [-0.3, -0.25) is 5.32 Å². The molecule has 0 aromatic carbocycles. The molecule has 1 saturated carbocycles. The first-order valence-corrected chi connectivity index (χ1v) is 7.23. The maximum absolute atomic E-state index is 5.78. The molecular formula is C12H21NO2S. The average molecular weight is 243 g/mol. The third kappa shape index (κ3) is 1.90. The number of ether oxygens (including phenoxy) is 2. The molecule has 0 amide bonds. The molecule has 0 radical (unpaired) electrons. The van der Waals surface area contributed by atoms with Crippen molar-refractivity contribution in [3.8, 4) is 0 Å². The van der Waals surface area contributed by atoms with Crippen molar-refractivity contribution in [1.29, 1.82) is 0 Å². The third-order valence-electron chi connectivity index (χ3n) is 3.91. The molecule has 0 unspecified atom stereocenters. The zero-order chi connectivity index (χ0) is 11.3. The predicted molar refractivity (Wildman–Crippen MR) is 65.5 cm³/mol. The minimum atomic E-state index is -0.222. The number of rotatable bonds is 0. The molecule has 0 bridgehead atoms. The fourth-order valence-electron chi connectivity index (χ4n) is 3.10. The molecule has 3 aliphatic rings. The molecule has 2 aliphatic heterocycles. The Morgan fingerprint density at radius 2 is 1.62 bits per heavy atom. The molecule has 2 heterocycles. The van der Waals surface area contributed by atoms with Crippen LogP contribution in [0, 0.1) is 0 Å². The first-order chi connectivity index (χ1) is 7.54. The van der Waals surface area contributed by atoms with Crippen molar-refractivity contribution >= 4 is 11.8 Å². The van der Waals surface area contributed by atoms with E-state index in [1.54, 1.807) is 0 Å². The lowest BCUT2D eigenvalue weighted by molar-refractivity contribution is -0.181.